The summed E-state index contributed by atoms with van der Waals surface area (Å²) in [5.41, 5.74) is -0.744. The van der Waals surface area contributed by atoms with Crippen molar-refractivity contribution >= 4 is 5.91 Å². The van der Waals surface area contributed by atoms with E-state index in [2.05, 4.69) is 0 Å². The molecule has 0 aliphatic heterocycles. The van der Waals surface area contributed by atoms with Crippen molar-refractivity contribution in [2.24, 2.45) is 0 Å². The molecule has 23 heavy (non-hydrogen) atoms. The number of amides is 1. The molecule has 0 fully saturated rings. The molecule has 1 unspecified atom stereocenters. The van der Waals surface area contributed by atoms with Gasteiger partial charge in [-0.2, -0.15) is 13.2 Å². The van der Waals surface area contributed by atoms with Crippen LogP contribution in [0.1, 0.15) is 34.5 Å². The minimum absolute atomic E-state index is 0.406. The number of nitrogens with zero attached hydrogens (tertiary/aromatic N) is 1. The molecule has 0 aliphatic rings. The largest absolute Gasteiger partial charge is 0.417 e. The van der Waals surface area contributed by atoms with Gasteiger partial charge in [0, 0.05) is 7.05 Å². The van der Waals surface area contributed by atoms with Crippen LogP contribution in [-0.2, 0) is 6.18 Å². The van der Waals surface area contributed by atoms with Crippen LogP contribution in [0.5, 0.6) is 0 Å². The number of hydrogen-bond acceptors (Lipinski definition) is 1. The molecule has 1 amide bonds. The van der Waals surface area contributed by atoms with E-state index in [9.17, 15) is 22.4 Å². The van der Waals surface area contributed by atoms with E-state index in [0.29, 0.717) is 5.56 Å². The van der Waals surface area contributed by atoms with Gasteiger partial charge in [0.2, 0.25) is 0 Å². The molecule has 2 nitrogen and oxygen atoms in total. The first-order valence-electron chi connectivity index (χ1n) is 6.90. The Balaban J connectivity index is 2.32. The first-order chi connectivity index (χ1) is 10.7. The summed E-state index contributed by atoms with van der Waals surface area (Å²) in [7, 11) is 1.42. The van der Waals surface area contributed by atoms with Crippen LogP contribution in [0.2, 0.25) is 0 Å². The maximum atomic E-state index is 13.0. The fourth-order valence-corrected chi connectivity index (χ4v) is 2.25. The SMILES string of the molecule is CC(c1ccc(F)cc1)N(C)C(=O)c1ccccc1C(F)(F)F. The van der Waals surface area contributed by atoms with Crippen molar-refractivity contribution in [3.63, 3.8) is 0 Å². The number of carbonyl (C=O) groups excluding carboxylic acids is 1. The van der Waals surface area contributed by atoms with Crippen LogP contribution in [0.3, 0.4) is 0 Å². The average Bonchev–Trinajstić information content (AvgIpc) is 2.52. The summed E-state index contributed by atoms with van der Waals surface area (Å²) in [6.07, 6.45) is -4.60. The van der Waals surface area contributed by atoms with Gasteiger partial charge in [0.1, 0.15) is 5.82 Å². The zero-order valence-electron chi connectivity index (χ0n) is 12.6. The van der Waals surface area contributed by atoms with Crippen LogP contribution in [0.25, 0.3) is 0 Å². The van der Waals surface area contributed by atoms with Gasteiger partial charge in [0.25, 0.3) is 5.91 Å². The van der Waals surface area contributed by atoms with E-state index in [1.807, 2.05) is 0 Å². The second-order valence-corrected chi connectivity index (χ2v) is 5.19. The van der Waals surface area contributed by atoms with Gasteiger partial charge in [0.15, 0.2) is 0 Å². The first-order valence-corrected chi connectivity index (χ1v) is 6.90. The molecule has 122 valence electrons. The second-order valence-electron chi connectivity index (χ2n) is 5.19. The topological polar surface area (TPSA) is 20.3 Å². The Morgan fingerprint density at radius 3 is 2.17 bits per heavy atom. The molecule has 0 saturated carbocycles. The fourth-order valence-electron chi connectivity index (χ4n) is 2.25. The Morgan fingerprint density at radius 1 is 1.04 bits per heavy atom. The maximum Gasteiger partial charge on any atom is 0.417 e. The van der Waals surface area contributed by atoms with Gasteiger partial charge < -0.3 is 4.90 Å². The van der Waals surface area contributed by atoms with Gasteiger partial charge in [-0.25, -0.2) is 4.39 Å². The van der Waals surface area contributed by atoms with Gasteiger partial charge >= 0.3 is 6.18 Å². The zero-order chi connectivity index (χ0) is 17.2. The monoisotopic (exact) mass is 325 g/mol. The molecular weight excluding hydrogens is 310 g/mol. The van der Waals surface area contributed by atoms with Gasteiger partial charge in [-0.3, -0.25) is 4.79 Å². The van der Waals surface area contributed by atoms with Gasteiger partial charge in [0.05, 0.1) is 17.2 Å². The molecule has 0 spiro atoms. The van der Waals surface area contributed by atoms with Gasteiger partial charge in [-0.15, -0.1) is 0 Å². The lowest BCUT2D eigenvalue weighted by atomic mass is 10.0. The summed E-state index contributed by atoms with van der Waals surface area (Å²) < 4.78 is 52.0. The van der Waals surface area contributed by atoms with E-state index in [-0.39, 0.29) is 0 Å². The van der Waals surface area contributed by atoms with Crippen molar-refractivity contribution in [1.29, 1.82) is 0 Å². The predicted molar refractivity (Wildman–Crippen MR) is 78.4 cm³/mol. The molecule has 0 radical (unpaired) electrons. The summed E-state index contributed by atoms with van der Waals surface area (Å²) in [4.78, 5) is 13.7. The summed E-state index contributed by atoms with van der Waals surface area (Å²) in [5, 5.41) is 0. The number of rotatable bonds is 3. The average molecular weight is 325 g/mol. The maximum absolute atomic E-state index is 13.0. The lowest BCUT2D eigenvalue weighted by molar-refractivity contribution is -0.138. The molecule has 2 aromatic rings. The molecule has 6 heteroatoms. The molecule has 2 rings (SSSR count). The van der Waals surface area contributed by atoms with Crippen LogP contribution in [-0.4, -0.2) is 17.9 Å². The Labute approximate surface area is 131 Å². The minimum Gasteiger partial charge on any atom is -0.335 e. The molecule has 1 atom stereocenters. The van der Waals surface area contributed by atoms with Crippen molar-refractivity contribution in [1.82, 2.24) is 4.90 Å². The van der Waals surface area contributed by atoms with Crippen LogP contribution in [0.15, 0.2) is 48.5 Å². The van der Waals surface area contributed by atoms with E-state index >= 15 is 0 Å². The van der Waals surface area contributed by atoms with Gasteiger partial charge in [-0.1, -0.05) is 24.3 Å². The Kier molecular flexibility index (Phi) is 4.73. The lowest BCUT2D eigenvalue weighted by Gasteiger charge is -2.26. The Morgan fingerprint density at radius 2 is 1.61 bits per heavy atom. The molecule has 0 N–H and O–H groups in total. The lowest BCUT2D eigenvalue weighted by Crippen LogP contribution is -2.31. The van der Waals surface area contributed by atoms with Crippen LogP contribution < -0.4 is 0 Å². The third-order valence-corrected chi connectivity index (χ3v) is 3.72. The van der Waals surface area contributed by atoms with Crippen molar-refractivity contribution in [3.05, 3.63) is 71.0 Å². The molecule has 0 bridgehead atoms. The third kappa shape index (κ3) is 3.70. The van der Waals surface area contributed by atoms with Crippen molar-refractivity contribution in [2.45, 2.75) is 19.1 Å². The summed E-state index contributed by atoms with van der Waals surface area (Å²) >= 11 is 0. The van der Waals surface area contributed by atoms with Gasteiger partial charge in [-0.05, 0) is 36.8 Å². The van der Waals surface area contributed by atoms with E-state index in [0.717, 1.165) is 12.1 Å². The smallest absolute Gasteiger partial charge is 0.335 e. The Bertz CT molecular complexity index is 694. The highest BCUT2D eigenvalue weighted by Crippen LogP contribution is 2.33. The summed E-state index contributed by atoms with van der Waals surface area (Å²) in [6.45, 7) is 1.67. The molecule has 0 aromatic heterocycles. The molecule has 0 heterocycles. The number of hydrogen-bond donors (Lipinski definition) is 0. The summed E-state index contributed by atoms with van der Waals surface area (Å²) in [5.74, 6) is -1.16. The molecule has 0 saturated heterocycles. The zero-order valence-corrected chi connectivity index (χ0v) is 12.6. The van der Waals surface area contributed by atoms with E-state index in [1.165, 1.54) is 48.3 Å². The fraction of sp³-hybridized carbons (Fsp3) is 0.235. The summed E-state index contributed by atoms with van der Waals surface area (Å²) in [6, 6.07) is 9.65. The van der Waals surface area contributed by atoms with Crippen molar-refractivity contribution in [2.75, 3.05) is 7.05 Å². The Hall–Kier alpha value is -2.37. The molecule has 2 aromatic carbocycles. The predicted octanol–water partition coefficient (Wildman–Crippen LogP) is 4.68. The molecular formula is C17H15F4NO. The van der Waals surface area contributed by atoms with E-state index in [4.69, 9.17) is 0 Å². The van der Waals surface area contributed by atoms with E-state index < -0.39 is 35.1 Å². The van der Waals surface area contributed by atoms with Crippen LogP contribution >= 0.6 is 0 Å². The number of benzene rings is 2. The number of halogens is 4. The highest BCUT2D eigenvalue weighted by atomic mass is 19.4. The highest BCUT2D eigenvalue weighted by Gasteiger charge is 2.36. The first kappa shape index (κ1) is 17.0. The van der Waals surface area contributed by atoms with Crippen LogP contribution in [0, 0.1) is 5.82 Å². The quantitative estimate of drug-likeness (QED) is 0.751. The van der Waals surface area contributed by atoms with Crippen molar-refractivity contribution < 1.29 is 22.4 Å². The van der Waals surface area contributed by atoms with Crippen molar-refractivity contribution in [3.8, 4) is 0 Å². The number of carbonyl (C=O) groups is 1. The minimum atomic E-state index is -4.60. The highest BCUT2D eigenvalue weighted by molar-refractivity contribution is 5.96. The normalized spacial score (nSPS) is 12.8. The molecule has 0 aliphatic carbocycles. The van der Waals surface area contributed by atoms with E-state index in [1.54, 1.807) is 6.92 Å². The standard InChI is InChI=1S/C17H15F4NO/c1-11(12-7-9-13(18)10-8-12)22(2)16(23)14-5-3-4-6-15(14)17(19,20)21/h3-11H,1-2H3. The second kappa shape index (κ2) is 6.40. The number of alkyl halides is 3. The third-order valence-electron chi connectivity index (χ3n) is 3.72. The van der Waals surface area contributed by atoms with Crippen LogP contribution in [0.4, 0.5) is 17.6 Å².